The molecule has 2 aromatic rings. The summed E-state index contributed by atoms with van der Waals surface area (Å²) in [6.07, 6.45) is 1.13. The molecule has 9 nitrogen and oxygen atoms in total. The van der Waals surface area contributed by atoms with Crippen molar-refractivity contribution < 1.29 is 24.2 Å². The number of aliphatic hydroxyl groups excluding tert-OH is 1. The van der Waals surface area contributed by atoms with E-state index in [0.29, 0.717) is 28.0 Å². The van der Waals surface area contributed by atoms with Crippen LogP contribution >= 0.6 is 15.9 Å². The number of pyridine rings is 1. The van der Waals surface area contributed by atoms with Crippen molar-refractivity contribution in [1.29, 1.82) is 0 Å². The van der Waals surface area contributed by atoms with E-state index in [1.807, 2.05) is 19.1 Å². The van der Waals surface area contributed by atoms with Crippen LogP contribution in [0.2, 0.25) is 0 Å². The molecule has 0 radical (unpaired) electrons. The Bertz CT molecular complexity index is 1000. The minimum absolute atomic E-state index is 0.136. The lowest BCUT2D eigenvalue weighted by molar-refractivity contribution is 0.0356. The number of ether oxygens (including phenoxy) is 2. The number of hydrogen-bond donors (Lipinski definition) is 2. The number of carbonyl (C=O) groups is 2. The number of halogens is 1. The second-order valence-electron chi connectivity index (χ2n) is 8.14. The Morgan fingerprint density at radius 1 is 1.45 bits per heavy atom. The maximum atomic E-state index is 13.2. The molecule has 1 aromatic heterocycles. The van der Waals surface area contributed by atoms with Gasteiger partial charge in [-0.05, 0) is 41.1 Å². The van der Waals surface area contributed by atoms with Gasteiger partial charge in [-0.25, -0.2) is 9.78 Å². The molecular formula is C23H29BrN4O5. The average Bonchev–Trinajstić information content (AvgIpc) is 2.81. The van der Waals surface area contributed by atoms with Crippen LogP contribution < -0.4 is 14.8 Å². The highest BCUT2D eigenvalue weighted by molar-refractivity contribution is 9.10. The predicted molar refractivity (Wildman–Crippen MR) is 128 cm³/mol. The van der Waals surface area contributed by atoms with Gasteiger partial charge in [0.15, 0.2) is 0 Å². The monoisotopic (exact) mass is 520 g/mol. The van der Waals surface area contributed by atoms with E-state index < -0.39 is 6.10 Å². The summed E-state index contributed by atoms with van der Waals surface area (Å²) in [5.74, 6) is 0.370. The Hall–Kier alpha value is -2.85. The van der Waals surface area contributed by atoms with Gasteiger partial charge in [-0.15, -0.1) is 0 Å². The van der Waals surface area contributed by atoms with Gasteiger partial charge in [0.1, 0.15) is 17.4 Å². The number of fused-ring (bicyclic) bond motifs is 1. The number of rotatable bonds is 6. The van der Waals surface area contributed by atoms with E-state index in [1.165, 1.54) is 4.90 Å². The van der Waals surface area contributed by atoms with Gasteiger partial charge in [0.05, 0.1) is 32.0 Å². The van der Waals surface area contributed by atoms with Crippen molar-refractivity contribution in [3.05, 3.63) is 46.6 Å². The van der Waals surface area contributed by atoms with E-state index in [9.17, 15) is 14.7 Å². The first kappa shape index (κ1) is 24.8. The number of methoxy groups -OCH3 is 1. The van der Waals surface area contributed by atoms with Crippen molar-refractivity contribution in [2.24, 2.45) is 5.92 Å². The fourth-order valence-electron chi connectivity index (χ4n) is 3.61. The molecule has 0 bridgehead atoms. The topological polar surface area (TPSA) is 104 Å². The molecule has 2 heterocycles. The summed E-state index contributed by atoms with van der Waals surface area (Å²) in [6, 6.07) is 8.13. The minimum Gasteiger partial charge on any atom is -0.495 e. The Kier molecular flexibility index (Phi) is 8.15. The molecule has 1 aliphatic heterocycles. The highest BCUT2D eigenvalue weighted by Gasteiger charge is 2.34. The predicted octanol–water partition coefficient (Wildman–Crippen LogP) is 3.24. The number of aromatic nitrogens is 1. The molecule has 33 heavy (non-hydrogen) atoms. The van der Waals surface area contributed by atoms with E-state index in [2.05, 4.69) is 26.2 Å². The molecule has 0 saturated carbocycles. The van der Waals surface area contributed by atoms with E-state index in [1.54, 1.807) is 50.4 Å². The Labute approximate surface area is 201 Å². The van der Waals surface area contributed by atoms with Gasteiger partial charge in [0, 0.05) is 30.2 Å². The second kappa shape index (κ2) is 10.8. The average molecular weight is 521 g/mol. The standard InChI is InChI=1S/C23H29BrN4O5/c1-14-11-28(15(2)13-29)22(30)17-9-16(24)10-25-21(17)33-20(14)12-27(3)23(31)26-18-7-5-6-8-19(18)32-4/h5-10,14-15,20,29H,11-13H2,1-4H3,(H,26,31)/t14-,15+,20+/m0/s1. The molecule has 2 N–H and O–H groups in total. The number of anilines is 1. The fourth-order valence-corrected chi connectivity index (χ4v) is 3.94. The number of likely N-dealkylation sites (N-methyl/N-ethyl adjacent to an activating group) is 1. The molecule has 0 unspecified atom stereocenters. The molecule has 0 spiro atoms. The summed E-state index contributed by atoms with van der Waals surface area (Å²) < 4.78 is 12.1. The number of amides is 3. The second-order valence-corrected chi connectivity index (χ2v) is 9.06. The number of urea groups is 1. The quantitative estimate of drug-likeness (QED) is 0.605. The molecule has 10 heteroatoms. The lowest BCUT2D eigenvalue weighted by atomic mass is 10.0. The maximum Gasteiger partial charge on any atom is 0.321 e. The summed E-state index contributed by atoms with van der Waals surface area (Å²) in [5, 5.41) is 12.6. The molecule has 0 fully saturated rings. The normalized spacial score (nSPS) is 19.0. The first-order valence-electron chi connectivity index (χ1n) is 10.6. The maximum absolute atomic E-state index is 13.2. The highest BCUT2D eigenvalue weighted by atomic mass is 79.9. The van der Waals surface area contributed by atoms with Gasteiger partial charge >= 0.3 is 6.03 Å². The third-order valence-electron chi connectivity index (χ3n) is 5.64. The number of para-hydroxylation sites is 2. The number of carbonyl (C=O) groups excluding carboxylic acids is 2. The summed E-state index contributed by atoms with van der Waals surface area (Å²) in [7, 11) is 3.22. The van der Waals surface area contributed by atoms with E-state index in [0.717, 1.165) is 0 Å². The van der Waals surface area contributed by atoms with Crippen molar-refractivity contribution >= 4 is 33.6 Å². The van der Waals surface area contributed by atoms with Gasteiger partial charge in [-0.3, -0.25) is 4.79 Å². The summed E-state index contributed by atoms with van der Waals surface area (Å²) in [5.41, 5.74) is 0.872. The minimum atomic E-state index is -0.438. The molecule has 1 aromatic carbocycles. The first-order chi connectivity index (χ1) is 15.7. The van der Waals surface area contributed by atoms with Crippen LogP contribution in [0.4, 0.5) is 10.5 Å². The van der Waals surface area contributed by atoms with E-state index >= 15 is 0 Å². The van der Waals surface area contributed by atoms with Crippen LogP contribution in [0.5, 0.6) is 11.6 Å². The number of aliphatic hydroxyl groups is 1. The van der Waals surface area contributed by atoms with Crippen LogP contribution in [-0.4, -0.2) is 77.8 Å². The summed E-state index contributed by atoms with van der Waals surface area (Å²) in [6.45, 7) is 4.20. The third-order valence-corrected chi connectivity index (χ3v) is 6.07. The molecule has 3 atom stereocenters. The number of nitrogens with one attached hydrogen (secondary N) is 1. The molecule has 1 aliphatic rings. The lowest BCUT2D eigenvalue weighted by Crippen LogP contribution is -2.50. The van der Waals surface area contributed by atoms with Crippen molar-refractivity contribution in [2.45, 2.75) is 26.0 Å². The van der Waals surface area contributed by atoms with Crippen molar-refractivity contribution in [3.8, 4) is 11.6 Å². The van der Waals surface area contributed by atoms with Crippen LogP contribution in [0.25, 0.3) is 0 Å². The number of nitrogens with zero attached hydrogens (tertiary/aromatic N) is 3. The Balaban J connectivity index is 1.83. The van der Waals surface area contributed by atoms with Crippen molar-refractivity contribution in [2.75, 3.05) is 39.2 Å². The molecule has 0 aliphatic carbocycles. The number of hydrogen-bond acceptors (Lipinski definition) is 6. The molecule has 0 saturated heterocycles. The SMILES string of the molecule is COc1ccccc1NC(=O)N(C)C[C@H]1Oc2ncc(Br)cc2C(=O)N([C@H](C)CO)C[C@@H]1C. The summed E-state index contributed by atoms with van der Waals surface area (Å²) >= 11 is 3.36. The van der Waals surface area contributed by atoms with Gasteiger partial charge in [0.25, 0.3) is 5.91 Å². The summed E-state index contributed by atoms with van der Waals surface area (Å²) in [4.78, 5) is 33.5. The molecular weight excluding hydrogens is 492 g/mol. The fraction of sp³-hybridized carbons (Fsp3) is 0.435. The lowest BCUT2D eigenvalue weighted by Gasteiger charge is -2.37. The van der Waals surface area contributed by atoms with Gasteiger partial charge in [-0.2, -0.15) is 0 Å². The Morgan fingerprint density at radius 2 is 2.18 bits per heavy atom. The van der Waals surface area contributed by atoms with Crippen LogP contribution in [0.1, 0.15) is 24.2 Å². The van der Waals surface area contributed by atoms with Gasteiger partial charge in [0.2, 0.25) is 5.88 Å². The van der Waals surface area contributed by atoms with Gasteiger partial charge in [-0.1, -0.05) is 19.1 Å². The molecule has 3 rings (SSSR count). The number of benzene rings is 1. The molecule has 178 valence electrons. The smallest absolute Gasteiger partial charge is 0.321 e. The first-order valence-corrected chi connectivity index (χ1v) is 11.4. The van der Waals surface area contributed by atoms with Crippen LogP contribution in [-0.2, 0) is 0 Å². The van der Waals surface area contributed by atoms with E-state index in [4.69, 9.17) is 9.47 Å². The van der Waals surface area contributed by atoms with Crippen molar-refractivity contribution in [1.82, 2.24) is 14.8 Å². The molecule has 3 amide bonds. The van der Waals surface area contributed by atoms with Crippen LogP contribution in [0.3, 0.4) is 0 Å². The largest absolute Gasteiger partial charge is 0.495 e. The zero-order valence-corrected chi connectivity index (χ0v) is 20.7. The van der Waals surface area contributed by atoms with Crippen LogP contribution in [0.15, 0.2) is 41.0 Å². The third kappa shape index (κ3) is 5.75. The zero-order valence-electron chi connectivity index (χ0n) is 19.1. The highest BCUT2D eigenvalue weighted by Crippen LogP contribution is 2.29. The zero-order chi connectivity index (χ0) is 24.1. The van der Waals surface area contributed by atoms with Crippen LogP contribution in [0, 0.1) is 5.92 Å². The van der Waals surface area contributed by atoms with E-state index in [-0.39, 0.29) is 42.9 Å². The van der Waals surface area contributed by atoms with Gasteiger partial charge < -0.3 is 29.7 Å². The van der Waals surface area contributed by atoms with Crippen molar-refractivity contribution in [3.63, 3.8) is 0 Å². The Morgan fingerprint density at radius 3 is 2.88 bits per heavy atom.